The zero-order chi connectivity index (χ0) is 10.3. The van der Waals surface area contributed by atoms with Crippen LogP contribution in [0.3, 0.4) is 0 Å². The molecule has 0 radical (unpaired) electrons. The minimum Gasteiger partial charge on any atom is -0.505 e. The molecule has 13 heavy (non-hydrogen) atoms. The van der Waals surface area contributed by atoms with Crippen LogP contribution in [0.4, 0.5) is 0 Å². The summed E-state index contributed by atoms with van der Waals surface area (Å²) in [5.41, 5.74) is -0.0602. The molecule has 4 nitrogen and oxygen atoms in total. The molecule has 0 amide bonds. The molecular formula is C9H13NO3. The van der Waals surface area contributed by atoms with Crippen LogP contribution in [0.15, 0.2) is 18.3 Å². The van der Waals surface area contributed by atoms with Crippen molar-refractivity contribution in [3.8, 4) is 5.75 Å². The number of rotatable bonds is 1. The Bertz CT molecular complexity index is 273. The van der Waals surface area contributed by atoms with Crippen molar-refractivity contribution in [2.45, 2.75) is 13.8 Å². The Balaban J connectivity index is 0.000000671. The van der Waals surface area contributed by atoms with Gasteiger partial charge in [0.2, 0.25) is 0 Å². The van der Waals surface area contributed by atoms with E-state index in [1.54, 1.807) is 0 Å². The Labute approximate surface area is 77.2 Å². The van der Waals surface area contributed by atoms with Gasteiger partial charge >= 0.3 is 5.97 Å². The lowest BCUT2D eigenvalue weighted by Crippen LogP contribution is -2.03. The van der Waals surface area contributed by atoms with E-state index in [2.05, 4.69) is 9.72 Å². The molecule has 0 fully saturated rings. The van der Waals surface area contributed by atoms with Gasteiger partial charge in [0.15, 0.2) is 5.69 Å². The van der Waals surface area contributed by atoms with E-state index < -0.39 is 5.97 Å². The largest absolute Gasteiger partial charge is 0.505 e. The van der Waals surface area contributed by atoms with Crippen molar-refractivity contribution >= 4 is 5.97 Å². The normalized spacial score (nSPS) is 8.23. The minimum atomic E-state index is -0.636. The molecule has 1 heterocycles. The second-order valence-corrected chi connectivity index (χ2v) is 1.86. The van der Waals surface area contributed by atoms with E-state index in [1.807, 2.05) is 13.8 Å². The van der Waals surface area contributed by atoms with Crippen molar-refractivity contribution in [3.05, 3.63) is 24.0 Å². The number of carbonyl (C=O) groups is 1. The Morgan fingerprint density at radius 2 is 2.15 bits per heavy atom. The van der Waals surface area contributed by atoms with Gasteiger partial charge in [-0.3, -0.25) is 0 Å². The predicted molar refractivity (Wildman–Crippen MR) is 48.6 cm³/mol. The van der Waals surface area contributed by atoms with Gasteiger partial charge in [-0.05, 0) is 12.1 Å². The summed E-state index contributed by atoms with van der Waals surface area (Å²) in [5.74, 6) is -0.803. The number of nitrogens with zero attached hydrogens (tertiary/aromatic N) is 1. The van der Waals surface area contributed by atoms with Crippen molar-refractivity contribution in [2.75, 3.05) is 7.11 Å². The van der Waals surface area contributed by atoms with Gasteiger partial charge in [-0.1, -0.05) is 13.8 Å². The summed E-state index contributed by atoms with van der Waals surface area (Å²) in [6.45, 7) is 4.00. The number of pyridine rings is 1. The zero-order valence-corrected chi connectivity index (χ0v) is 7.94. The molecule has 1 aromatic heterocycles. The van der Waals surface area contributed by atoms with Gasteiger partial charge in [0.25, 0.3) is 0 Å². The average Bonchev–Trinajstić information content (AvgIpc) is 2.20. The van der Waals surface area contributed by atoms with E-state index in [0.29, 0.717) is 0 Å². The van der Waals surface area contributed by atoms with E-state index in [4.69, 9.17) is 5.11 Å². The molecule has 0 aliphatic carbocycles. The average molecular weight is 183 g/mol. The third-order valence-corrected chi connectivity index (χ3v) is 1.17. The topological polar surface area (TPSA) is 59.4 Å². The van der Waals surface area contributed by atoms with Gasteiger partial charge in [-0.2, -0.15) is 0 Å². The van der Waals surface area contributed by atoms with Crippen LogP contribution in [0.25, 0.3) is 0 Å². The lowest BCUT2D eigenvalue weighted by molar-refractivity contribution is 0.0590. The first kappa shape index (κ1) is 11.4. The third kappa shape index (κ3) is 3.11. The minimum absolute atomic E-state index is 0.0602. The molecule has 0 saturated carbocycles. The lowest BCUT2D eigenvalue weighted by atomic mass is 10.3. The summed E-state index contributed by atoms with van der Waals surface area (Å²) in [6.07, 6.45) is 1.41. The first-order chi connectivity index (χ1) is 6.25. The van der Waals surface area contributed by atoms with E-state index >= 15 is 0 Å². The third-order valence-electron chi connectivity index (χ3n) is 1.17. The molecule has 0 atom stereocenters. The first-order valence-electron chi connectivity index (χ1n) is 3.98. The molecule has 0 aliphatic rings. The number of hydrogen-bond acceptors (Lipinski definition) is 4. The second kappa shape index (κ2) is 5.99. The van der Waals surface area contributed by atoms with Crippen LogP contribution in [0.1, 0.15) is 24.3 Å². The molecule has 1 rings (SSSR count). The Morgan fingerprint density at radius 1 is 1.54 bits per heavy atom. The van der Waals surface area contributed by atoms with Crippen LogP contribution in [0, 0.1) is 0 Å². The Morgan fingerprint density at radius 3 is 2.62 bits per heavy atom. The van der Waals surface area contributed by atoms with Crippen molar-refractivity contribution < 1.29 is 14.6 Å². The number of carbonyl (C=O) groups excluding carboxylic acids is 1. The fourth-order valence-electron chi connectivity index (χ4n) is 0.651. The van der Waals surface area contributed by atoms with Gasteiger partial charge in [-0.15, -0.1) is 0 Å². The van der Waals surface area contributed by atoms with Gasteiger partial charge < -0.3 is 9.84 Å². The van der Waals surface area contributed by atoms with Crippen LogP contribution >= 0.6 is 0 Å². The van der Waals surface area contributed by atoms with Gasteiger partial charge in [0.05, 0.1) is 7.11 Å². The van der Waals surface area contributed by atoms with Gasteiger partial charge in [0.1, 0.15) is 5.75 Å². The smallest absolute Gasteiger partial charge is 0.360 e. The Kier molecular flexibility index (Phi) is 5.27. The highest BCUT2D eigenvalue weighted by Crippen LogP contribution is 2.12. The SMILES string of the molecule is CC.COC(=O)c1ncccc1O. The fourth-order valence-corrected chi connectivity index (χ4v) is 0.651. The summed E-state index contributed by atoms with van der Waals surface area (Å²) < 4.78 is 4.36. The standard InChI is InChI=1S/C7H7NO3.C2H6/c1-11-7(10)6-5(9)3-2-4-8-6;1-2/h2-4,9H,1H3;1-2H3. The maximum absolute atomic E-state index is 10.8. The molecular weight excluding hydrogens is 170 g/mol. The fraction of sp³-hybridized carbons (Fsp3) is 0.333. The molecule has 1 aromatic rings. The summed E-state index contributed by atoms with van der Waals surface area (Å²) in [6, 6.07) is 2.90. The van der Waals surface area contributed by atoms with Crippen LogP contribution < -0.4 is 0 Å². The number of esters is 1. The van der Waals surface area contributed by atoms with Gasteiger partial charge in [-0.25, -0.2) is 9.78 Å². The number of hydrogen-bond donors (Lipinski definition) is 1. The highest BCUT2D eigenvalue weighted by atomic mass is 16.5. The van der Waals surface area contributed by atoms with Crippen LogP contribution in [-0.2, 0) is 4.74 Å². The van der Waals surface area contributed by atoms with Crippen molar-refractivity contribution in [2.24, 2.45) is 0 Å². The maximum atomic E-state index is 10.8. The van der Waals surface area contributed by atoms with Crippen molar-refractivity contribution in [1.29, 1.82) is 0 Å². The molecule has 0 bridgehead atoms. The highest BCUT2D eigenvalue weighted by Gasteiger charge is 2.10. The van der Waals surface area contributed by atoms with Crippen LogP contribution in [0.5, 0.6) is 5.75 Å². The first-order valence-corrected chi connectivity index (χ1v) is 3.98. The monoisotopic (exact) mass is 183 g/mol. The molecule has 0 spiro atoms. The molecule has 4 heteroatoms. The summed E-state index contributed by atoms with van der Waals surface area (Å²) in [7, 11) is 1.23. The lowest BCUT2D eigenvalue weighted by Gasteiger charge is -1.98. The quantitative estimate of drug-likeness (QED) is 0.672. The molecule has 0 saturated heterocycles. The Hall–Kier alpha value is -1.58. The highest BCUT2D eigenvalue weighted by molar-refractivity contribution is 5.89. The molecule has 1 N–H and O–H groups in total. The van der Waals surface area contributed by atoms with E-state index in [-0.39, 0.29) is 11.4 Å². The van der Waals surface area contributed by atoms with Crippen LogP contribution in [0.2, 0.25) is 0 Å². The molecule has 0 aromatic carbocycles. The van der Waals surface area contributed by atoms with Crippen molar-refractivity contribution in [3.63, 3.8) is 0 Å². The summed E-state index contributed by atoms with van der Waals surface area (Å²) >= 11 is 0. The van der Waals surface area contributed by atoms with Gasteiger partial charge in [0, 0.05) is 6.20 Å². The second-order valence-electron chi connectivity index (χ2n) is 1.86. The van der Waals surface area contributed by atoms with E-state index in [1.165, 1.54) is 25.4 Å². The maximum Gasteiger partial charge on any atom is 0.360 e. The number of methoxy groups -OCH3 is 1. The van der Waals surface area contributed by atoms with Crippen LogP contribution in [-0.4, -0.2) is 23.2 Å². The predicted octanol–water partition coefficient (Wildman–Crippen LogP) is 1.60. The number of ether oxygens (including phenoxy) is 1. The molecule has 0 aliphatic heterocycles. The van der Waals surface area contributed by atoms with E-state index in [9.17, 15) is 4.79 Å². The number of aromatic hydroxyl groups is 1. The van der Waals surface area contributed by atoms with E-state index in [0.717, 1.165) is 0 Å². The summed E-state index contributed by atoms with van der Waals surface area (Å²) in [4.78, 5) is 14.4. The zero-order valence-electron chi connectivity index (χ0n) is 7.94. The van der Waals surface area contributed by atoms with Crippen molar-refractivity contribution in [1.82, 2.24) is 4.98 Å². The molecule has 72 valence electrons. The molecule has 0 unspecified atom stereocenters. The summed E-state index contributed by atoms with van der Waals surface area (Å²) in [5, 5.41) is 9.05. The number of aromatic nitrogens is 1.